The second-order valence-electron chi connectivity index (χ2n) is 3.94. The quantitative estimate of drug-likeness (QED) is 0.515. The SMILES string of the molecule is C1=CCCCCCCCC/C=C/C=C\1. The molecule has 14 heavy (non-hydrogen) atoms. The van der Waals surface area contributed by atoms with E-state index < -0.39 is 0 Å². The van der Waals surface area contributed by atoms with Crippen LogP contribution in [0.15, 0.2) is 36.5 Å². The number of hydrogen-bond acceptors (Lipinski definition) is 0. The molecule has 0 amide bonds. The largest absolute Gasteiger partial charge is 0.0845 e. The van der Waals surface area contributed by atoms with E-state index in [-0.39, 0.29) is 0 Å². The average Bonchev–Trinajstić information content (AvgIpc) is 2.22. The topological polar surface area (TPSA) is 0 Å². The maximum Gasteiger partial charge on any atom is -0.0348 e. The molecule has 1 aliphatic carbocycles. The maximum atomic E-state index is 2.27. The van der Waals surface area contributed by atoms with Crippen molar-refractivity contribution >= 4 is 0 Å². The van der Waals surface area contributed by atoms with E-state index in [9.17, 15) is 0 Å². The predicted molar refractivity (Wildman–Crippen MR) is 64.4 cm³/mol. The van der Waals surface area contributed by atoms with Crippen molar-refractivity contribution in [3.8, 4) is 0 Å². The Hall–Kier alpha value is -0.780. The van der Waals surface area contributed by atoms with Crippen LogP contribution in [0.3, 0.4) is 0 Å². The molecule has 1 rings (SSSR count). The van der Waals surface area contributed by atoms with Crippen LogP contribution in [0.1, 0.15) is 51.4 Å². The smallest absolute Gasteiger partial charge is 0.0348 e. The molecule has 0 heterocycles. The molecule has 0 N–H and O–H groups in total. The van der Waals surface area contributed by atoms with E-state index in [0.717, 1.165) is 0 Å². The monoisotopic (exact) mass is 190 g/mol. The summed E-state index contributed by atoms with van der Waals surface area (Å²) in [4.78, 5) is 0. The van der Waals surface area contributed by atoms with E-state index in [1.165, 1.54) is 51.4 Å². The van der Waals surface area contributed by atoms with Crippen LogP contribution in [0.2, 0.25) is 0 Å². The summed E-state index contributed by atoms with van der Waals surface area (Å²) in [7, 11) is 0. The van der Waals surface area contributed by atoms with Crippen molar-refractivity contribution in [3.05, 3.63) is 36.5 Å². The van der Waals surface area contributed by atoms with Gasteiger partial charge in [0, 0.05) is 0 Å². The van der Waals surface area contributed by atoms with Gasteiger partial charge in [0.25, 0.3) is 0 Å². The summed E-state index contributed by atoms with van der Waals surface area (Å²) in [6.45, 7) is 0. The highest BCUT2D eigenvalue weighted by Gasteiger charge is 1.89. The summed E-state index contributed by atoms with van der Waals surface area (Å²) < 4.78 is 0. The van der Waals surface area contributed by atoms with E-state index in [1.807, 2.05) is 0 Å². The third-order valence-corrected chi connectivity index (χ3v) is 2.60. The van der Waals surface area contributed by atoms with Crippen molar-refractivity contribution in [2.75, 3.05) is 0 Å². The minimum atomic E-state index is 1.24. The number of hydrogen-bond donors (Lipinski definition) is 0. The highest BCUT2D eigenvalue weighted by Crippen LogP contribution is 2.09. The van der Waals surface area contributed by atoms with Crippen molar-refractivity contribution in [3.63, 3.8) is 0 Å². The summed E-state index contributed by atoms with van der Waals surface area (Å²) in [5.74, 6) is 0. The second kappa shape index (κ2) is 8.80. The third kappa shape index (κ3) is 6.71. The van der Waals surface area contributed by atoms with Gasteiger partial charge in [-0.2, -0.15) is 0 Å². The number of allylic oxidation sites excluding steroid dienone is 6. The third-order valence-electron chi connectivity index (χ3n) is 2.60. The molecule has 0 atom stereocenters. The Labute approximate surface area is 88.4 Å². The van der Waals surface area contributed by atoms with Gasteiger partial charge in [-0.05, 0) is 25.7 Å². The van der Waals surface area contributed by atoms with E-state index in [2.05, 4.69) is 36.5 Å². The molecule has 0 aromatic heterocycles. The molecule has 0 heteroatoms. The van der Waals surface area contributed by atoms with Gasteiger partial charge >= 0.3 is 0 Å². The Morgan fingerprint density at radius 1 is 0.429 bits per heavy atom. The van der Waals surface area contributed by atoms with Crippen molar-refractivity contribution in [1.82, 2.24) is 0 Å². The maximum absolute atomic E-state index is 2.27. The lowest BCUT2D eigenvalue weighted by Gasteiger charge is -1.99. The van der Waals surface area contributed by atoms with Crippen LogP contribution in [0.25, 0.3) is 0 Å². The first-order valence-corrected chi connectivity index (χ1v) is 5.98. The Balaban J connectivity index is 2.27. The molecule has 78 valence electrons. The molecule has 0 bridgehead atoms. The van der Waals surface area contributed by atoms with Gasteiger partial charge in [0.05, 0.1) is 0 Å². The zero-order chi connectivity index (χ0) is 9.90. The zero-order valence-corrected chi connectivity index (χ0v) is 9.12. The molecule has 0 unspecified atom stereocenters. The fourth-order valence-electron chi connectivity index (χ4n) is 1.71. The molecule has 0 saturated heterocycles. The molecule has 0 saturated carbocycles. The van der Waals surface area contributed by atoms with E-state index in [1.54, 1.807) is 0 Å². The summed E-state index contributed by atoms with van der Waals surface area (Å²) in [5, 5.41) is 0. The molecule has 0 spiro atoms. The second-order valence-corrected chi connectivity index (χ2v) is 3.94. The Kier molecular flexibility index (Phi) is 7.10. The van der Waals surface area contributed by atoms with Gasteiger partial charge in [-0.3, -0.25) is 0 Å². The zero-order valence-electron chi connectivity index (χ0n) is 9.12. The van der Waals surface area contributed by atoms with E-state index in [0.29, 0.717) is 0 Å². The van der Waals surface area contributed by atoms with Gasteiger partial charge in [0.15, 0.2) is 0 Å². The normalized spacial score (nSPS) is 25.1. The summed E-state index contributed by atoms with van der Waals surface area (Å²) in [5.41, 5.74) is 0. The van der Waals surface area contributed by atoms with Crippen LogP contribution in [0.5, 0.6) is 0 Å². The van der Waals surface area contributed by atoms with Gasteiger partial charge in [-0.1, -0.05) is 62.1 Å². The van der Waals surface area contributed by atoms with Crippen LogP contribution in [0, 0.1) is 0 Å². The van der Waals surface area contributed by atoms with Crippen LogP contribution in [0.4, 0.5) is 0 Å². The van der Waals surface area contributed by atoms with Crippen molar-refractivity contribution in [2.45, 2.75) is 51.4 Å². The van der Waals surface area contributed by atoms with Crippen molar-refractivity contribution in [2.24, 2.45) is 0 Å². The summed E-state index contributed by atoms with van der Waals surface area (Å²) in [6, 6.07) is 0. The van der Waals surface area contributed by atoms with Crippen LogP contribution >= 0.6 is 0 Å². The summed E-state index contributed by atoms with van der Waals surface area (Å²) in [6.07, 6.45) is 24.0. The molecule has 0 aliphatic heterocycles. The van der Waals surface area contributed by atoms with Gasteiger partial charge in [-0.15, -0.1) is 0 Å². The standard InChI is InChI=1S/C14H22/c1-2-4-6-8-10-12-14-13-11-9-7-5-3-1/h1-6H,7-14H2/b2-1-,5-3+,6-4?. The van der Waals surface area contributed by atoms with E-state index in [4.69, 9.17) is 0 Å². The van der Waals surface area contributed by atoms with Crippen LogP contribution in [-0.2, 0) is 0 Å². The van der Waals surface area contributed by atoms with E-state index >= 15 is 0 Å². The fourth-order valence-corrected chi connectivity index (χ4v) is 1.71. The first-order valence-electron chi connectivity index (χ1n) is 5.98. The molecular weight excluding hydrogens is 168 g/mol. The Bertz CT molecular complexity index is 174. The number of rotatable bonds is 0. The average molecular weight is 190 g/mol. The molecule has 0 aromatic rings. The fraction of sp³-hybridized carbons (Fsp3) is 0.571. The predicted octanol–water partition coefficient (Wildman–Crippen LogP) is 4.79. The molecule has 0 radical (unpaired) electrons. The van der Waals surface area contributed by atoms with Crippen molar-refractivity contribution < 1.29 is 0 Å². The summed E-state index contributed by atoms with van der Waals surface area (Å²) >= 11 is 0. The molecule has 0 nitrogen and oxygen atoms in total. The first kappa shape index (κ1) is 11.3. The van der Waals surface area contributed by atoms with Crippen molar-refractivity contribution in [1.29, 1.82) is 0 Å². The minimum absolute atomic E-state index is 1.24. The lowest BCUT2D eigenvalue weighted by Crippen LogP contribution is -1.79. The Morgan fingerprint density at radius 2 is 0.857 bits per heavy atom. The Morgan fingerprint density at radius 3 is 1.36 bits per heavy atom. The highest BCUT2D eigenvalue weighted by molar-refractivity contribution is 5.10. The lowest BCUT2D eigenvalue weighted by molar-refractivity contribution is 0.600. The minimum Gasteiger partial charge on any atom is -0.0845 e. The lowest BCUT2D eigenvalue weighted by atomic mass is 10.1. The van der Waals surface area contributed by atoms with Crippen LogP contribution in [-0.4, -0.2) is 0 Å². The molecule has 0 fully saturated rings. The molecular formula is C14H22. The molecule has 1 aliphatic rings. The van der Waals surface area contributed by atoms with Crippen LogP contribution < -0.4 is 0 Å². The highest BCUT2D eigenvalue weighted by atomic mass is 14.0. The first-order chi connectivity index (χ1) is 7.00. The molecule has 0 aromatic carbocycles. The van der Waals surface area contributed by atoms with Gasteiger partial charge < -0.3 is 0 Å². The van der Waals surface area contributed by atoms with Gasteiger partial charge in [0.1, 0.15) is 0 Å². The van der Waals surface area contributed by atoms with Gasteiger partial charge in [-0.25, -0.2) is 0 Å². The van der Waals surface area contributed by atoms with Gasteiger partial charge in [0.2, 0.25) is 0 Å².